The minimum absolute atomic E-state index is 0.0565. The Morgan fingerprint density at radius 2 is 2.16 bits per heavy atom. The second-order valence-corrected chi connectivity index (χ2v) is 4.53. The summed E-state index contributed by atoms with van der Waals surface area (Å²) in [5.74, 6) is 6.52. The zero-order valence-electron chi connectivity index (χ0n) is 10.0. The van der Waals surface area contributed by atoms with E-state index in [0.29, 0.717) is 22.5 Å². The van der Waals surface area contributed by atoms with Crippen LogP contribution >= 0.6 is 15.9 Å². The summed E-state index contributed by atoms with van der Waals surface area (Å²) in [6.45, 7) is 0.0565. The molecule has 2 rings (SSSR count). The number of rotatable bonds is 5. The van der Waals surface area contributed by atoms with Crippen LogP contribution in [0, 0.1) is 0 Å². The van der Waals surface area contributed by atoms with E-state index in [-0.39, 0.29) is 12.6 Å². The van der Waals surface area contributed by atoms with E-state index in [0.717, 1.165) is 5.56 Å². The van der Waals surface area contributed by atoms with Crippen molar-refractivity contribution < 1.29 is 9.84 Å². The van der Waals surface area contributed by atoms with Gasteiger partial charge in [-0.15, -0.1) is 0 Å². The molecule has 0 aliphatic rings. The second-order valence-electron chi connectivity index (χ2n) is 3.67. The van der Waals surface area contributed by atoms with Crippen molar-refractivity contribution in [2.75, 3.05) is 12.0 Å². The van der Waals surface area contributed by atoms with E-state index >= 15 is 0 Å². The van der Waals surface area contributed by atoms with Gasteiger partial charge in [-0.3, -0.25) is 5.43 Å². The topological polar surface area (TPSA) is 93.3 Å². The normalized spacial score (nSPS) is 10.3. The minimum atomic E-state index is 0.0565. The molecule has 0 fully saturated rings. The van der Waals surface area contributed by atoms with E-state index < -0.39 is 0 Å². The molecule has 4 N–H and O–H groups in total. The summed E-state index contributed by atoms with van der Waals surface area (Å²) in [4.78, 5) is 8.05. The van der Waals surface area contributed by atoms with E-state index in [1.807, 2.05) is 24.3 Å². The fraction of sp³-hybridized carbons (Fsp3) is 0.167. The zero-order valence-corrected chi connectivity index (χ0v) is 11.6. The Balaban J connectivity index is 2.30. The van der Waals surface area contributed by atoms with Crippen molar-refractivity contribution in [3.05, 3.63) is 40.5 Å². The molecule has 1 aromatic carbocycles. The summed E-state index contributed by atoms with van der Waals surface area (Å²) < 4.78 is 6.35. The van der Waals surface area contributed by atoms with Crippen molar-refractivity contribution >= 4 is 21.9 Å². The maximum Gasteiger partial charge on any atom is 0.240 e. The third kappa shape index (κ3) is 3.40. The molecule has 0 aliphatic heterocycles. The van der Waals surface area contributed by atoms with Crippen LogP contribution in [0.1, 0.15) is 5.56 Å². The summed E-state index contributed by atoms with van der Waals surface area (Å²) >= 11 is 3.31. The fourth-order valence-electron chi connectivity index (χ4n) is 1.53. The second kappa shape index (κ2) is 6.46. The van der Waals surface area contributed by atoms with Gasteiger partial charge in [-0.2, -0.15) is 4.98 Å². The van der Waals surface area contributed by atoms with Crippen LogP contribution in [0.25, 0.3) is 0 Å². The number of nitrogens with zero attached hydrogens (tertiary/aromatic N) is 2. The number of nitrogen functional groups attached to an aromatic ring is 1. The Morgan fingerprint density at radius 3 is 2.89 bits per heavy atom. The predicted octanol–water partition coefficient (Wildman–Crippen LogP) is 1.85. The van der Waals surface area contributed by atoms with Gasteiger partial charge in [0.2, 0.25) is 11.8 Å². The number of benzene rings is 1. The predicted molar refractivity (Wildman–Crippen MR) is 74.8 cm³/mol. The Morgan fingerprint density at radius 1 is 1.37 bits per heavy atom. The Hall–Kier alpha value is -1.70. The maximum atomic E-state index is 9.03. The van der Waals surface area contributed by atoms with Crippen LogP contribution in [0.5, 0.6) is 11.6 Å². The lowest BCUT2D eigenvalue weighted by molar-refractivity contribution is 0.297. The number of nitrogens with one attached hydrogen (secondary N) is 1. The first kappa shape index (κ1) is 13.7. The van der Waals surface area contributed by atoms with E-state index in [1.54, 1.807) is 6.20 Å². The molecule has 0 aliphatic carbocycles. The first-order valence-corrected chi connectivity index (χ1v) is 6.39. The molecule has 1 aromatic heterocycles. The van der Waals surface area contributed by atoms with E-state index in [1.165, 1.54) is 0 Å². The van der Waals surface area contributed by atoms with Gasteiger partial charge in [0.1, 0.15) is 5.75 Å². The monoisotopic (exact) mass is 324 g/mol. The average molecular weight is 325 g/mol. The number of ether oxygens (including phenoxy) is 1. The van der Waals surface area contributed by atoms with Gasteiger partial charge in [-0.05, 0) is 34.0 Å². The highest BCUT2D eigenvalue weighted by atomic mass is 79.9. The van der Waals surface area contributed by atoms with Crippen molar-refractivity contribution in [2.45, 2.75) is 6.42 Å². The summed E-state index contributed by atoms with van der Waals surface area (Å²) in [5, 5.41) is 9.03. The van der Waals surface area contributed by atoms with Crippen molar-refractivity contribution in [1.29, 1.82) is 0 Å². The summed E-state index contributed by atoms with van der Waals surface area (Å²) in [5.41, 5.74) is 3.26. The summed E-state index contributed by atoms with van der Waals surface area (Å²) in [7, 11) is 0. The molecule has 1 heterocycles. The molecular weight excluding hydrogens is 312 g/mol. The van der Waals surface area contributed by atoms with E-state index in [9.17, 15) is 0 Å². The number of hydrogen-bond acceptors (Lipinski definition) is 6. The smallest absolute Gasteiger partial charge is 0.240 e. The molecule has 6 nitrogen and oxygen atoms in total. The van der Waals surface area contributed by atoms with Crippen LogP contribution in [0.3, 0.4) is 0 Å². The summed E-state index contributed by atoms with van der Waals surface area (Å²) in [6, 6.07) is 7.45. The molecule has 19 heavy (non-hydrogen) atoms. The van der Waals surface area contributed by atoms with Crippen LogP contribution in [0.2, 0.25) is 0 Å². The molecule has 0 unspecified atom stereocenters. The quantitative estimate of drug-likeness (QED) is 0.574. The molecule has 0 bridgehead atoms. The van der Waals surface area contributed by atoms with Gasteiger partial charge in [0.05, 0.1) is 10.7 Å². The van der Waals surface area contributed by atoms with Gasteiger partial charge in [0, 0.05) is 6.61 Å². The Labute approximate surface area is 118 Å². The molecule has 0 atom stereocenters. The average Bonchev–Trinajstić information content (AvgIpc) is 2.43. The fourth-order valence-corrected chi connectivity index (χ4v) is 1.80. The number of aliphatic hydroxyl groups excluding tert-OH is 1. The van der Waals surface area contributed by atoms with Gasteiger partial charge < -0.3 is 9.84 Å². The summed E-state index contributed by atoms with van der Waals surface area (Å²) in [6.07, 6.45) is 2.06. The number of halogens is 1. The van der Waals surface area contributed by atoms with Crippen LogP contribution in [-0.4, -0.2) is 21.7 Å². The van der Waals surface area contributed by atoms with Crippen LogP contribution < -0.4 is 16.0 Å². The molecule has 100 valence electrons. The van der Waals surface area contributed by atoms with Gasteiger partial charge in [0.25, 0.3) is 0 Å². The van der Waals surface area contributed by atoms with E-state index in [2.05, 4.69) is 31.3 Å². The molecule has 0 radical (unpaired) electrons. The Kier molecular flexibility index (Phi) is 4.67. The molecule has 0 amide bonds. The zero-order chi connectivity index (χ0) is 13.7. The maximum absolute atomic E-state index is 9.03. The number of para-hydroxylation sites is 1. The highest BCUT2D eigenvalue weighted by Gasteiger charge is 2.09. The highest BCUT2D eigenvalue weighted by molar-refractivity contribution is 9.10. The lowest BCUT2D eigenvalue weighted by atomic mass is 10.1. The Bertz CT molecular complexity index is 565. The van der Waals surface area contributed by atoms with E-state index in [4.69, 9.17) is 15.7 Å². The lowest BCUT2D eigenvalue weighted by Gasteiger charge is -2.11. The third-order valence-electron chi connectivity index (χ3n) is 2.40. The minimum Gasteiger partial charge on any atom is -0.437 e. The SMILES string of the molecule is NNc1ncc(Br)c(Oc2ccccc2CCO)n1. The van der Waals surface area contributed by atoms with Crippen LogP contribution in [0.15, 0.2) is 34.9 Å². The molecule has 7 heteroatoms. The molecule has 0 saturated heterocycles. The lowest BCUT2D eigenvalue weighted by Crippen LogP contribution is -2.10. The highest BCUT2D eigenvalue weighted by Crippen LogP contribution is 2.30. The van der Waals surface area contributed by atoms with Crippen molar-refractivity contribution in [1.82, 2.24) is 9.97 Å². The van der Waals surface area contributed by atoms with Gasteiger partial charge in [-0.1, -0.05) is 18.2 Å². The number of hydrazine groups is 1. The van der Waals surface area contributed by atoms with Crippen molar-refractivity contribution in [3.8, 4) is 11.6 Å². The van der Waals surface area contributed by atoms with Crippen LogP contribution in [0.4, 0.5) is 5.95 Å². The van der Waals surface area contributed by atoms with Gasteiger partial charge in [-0.25, -0.2) is 10.8 Å². The number of aliphatic hydroxyl groups is 1. The largest absolute Gasteiger partial charge is 0.437 e. The van der Waals surface area contributed by atoms with Gasteiger partial charge in [0.15, 0.2) is 0 Å². The van der Waals surface area contributed by atoms with Crippen molar-refractivity contribution in [2.24, 2.45) is 5.84 Å². The standard InChI is InChI=1S/C12H13BrN4O2/c13-9-7-15-12(17-14)16-11(9)19-10-4-2-1-3-8(10)5-6-18/h1-4,7,18H,5-6,14H2,(H,15,16,17). The number of aromatic nitrogens is 2. The molecule has 0 saturated carbocycles. The molecular formula is C12H13BrN4O2. The van der Waals surface area contributed by atoms with Crippen molar-refractivity contribution in [3.63, 3.8) is 0 Å². The molecule has 0 spiro atoms. The number of nitrogens with two attached hydrogens (primary N) is 1. The third-order valence-corrected chi connectivity index (χ3v) is 2.95. The number of hydrogen-bond donors (Lipinski definition) is 3. The first-order chi connectivity index (χ1) is 9.24. The first-order valence-electron chi connectivity index (χ1n) is 5.60. The van der Waals surface area contributed by atoms with Gasteiger partial charge >= 0.3 is 0 Å². The van der Waals surface area contributed by atoms with Crippen LogP contribution in [-0.2, 0) is 6.42 Å². The molecule has 2 aromatic rings. The number of anilines is 1.